The predicted octanol–water partition coefficient (Wildman–Crippen LogP) is 4.87. The van der Waals surface area contributed by atoms with Crippen molar-refractivity contribution in [1.29, 1.82) is 5.41 Å². The number of aromatic carboxylic acids is 1. The summed E-state index contributed by atoms with van der Waals surface area (Å²) in [5, 5.41) is 20.6. The fourth-order valence-electron chi connectivity index (χ4n) is 1.84. The fourth-order valence-corrected chi connectivity index (χ4v) is 2.72. The number of pyridine rings is 1. The lowest BCUT2D eigenvalue weighted by atomic mass is 10.1. The third kappa shape index (κ3) is 3.50. The van der Waals surface area contributed by atoms with Gasteiger partial charge >= 0.3 is 5.97 Å². The summed E-state index contributed by atoms with van der Waals surface area (Å²) in [6.45, 7) is 1.49. The first-order chi connectivity index (χ1) is 10.3. The topological polar surface area (TPSA) is 86.1 Å². The van der Waals surface area contributed by atoms with E-state index >= 15 is 0 Å². The van der Waals surface area contributed by atoms with Crippen LogP contribution in [0, 0.1) is 5.41 Å². The van der Waals surface area contributed by atoms with Crippen LogP contribution in [0.15, 0.2) is 24.4 Å². The normalized spacial score (nSPS) is 10.4. The number of benzene rings is 1. The molecular weight excluding hydrogens is 349 g/mol. The van der Waals surface area contributed by atoms with Crippen molar-refractivity contribution in [1.82, 2.24) is 4.98 Å². The van der Waals surface area contributed by atoms with Crippen molar-refractivity contribution in [2.75, 3.05) is 5.32 Å². The molecule has 0 bridgehead atoms. The second kappa shape index (κ2) is 6.52. The van der Waals surface area contributed by atoms with E-state index in [2.05, 4.69) is 10.3 Å². The van der Waals surface area contributed by atoms with Crippen LogP contribution in [0.5, 0.6) is 0 Å². The number of halogens is 3. The second-order valence-corrected chi connectivity index (χ2v) is 5.67. The molecule has 1 aromatic heterocycles. The molecule has 0 fully saturated rings. The molecule has 1 aromatic carbocycles. The van der Waals surface area contributed by atoms with Crippen LogP contribution < -0.4 is 5.32 Å². The Bertz CT molecular complexity index is 758. The number of aromatic nitrogens is 1. The van der Waals surface area contributed by atoms with Crippen molar-refractivity contribution in [3.63, 3.8) is 0 Å². The average molecular weight is 359 g/mol. The van der Waals surface area contributed by atoms with E-state index in [0.717, 1.165) is 6.20 Å². The first-order valence-corrected chi connectivity index (χ1v) is 7.13. The van der Waals surface area contributed by atoms with Crippen LogP contribution in [0.4, 0.5) is 11.5 Å². The molecule has 0 aliphatic heterocycles. The van der Waals surface area contributed by atoms with Gasteiger partial charge in [-0.3, -0.25) is 0 Å². The highest BCUT2D eigenvalue weighted by molar-refractivity contribution is 6.37. The Balaban J connectivity index is 2.53. The van der Waals surface area contributed by atoms with Gasteiger partial charge in [0.25, 0.3) is 0 Å². The van der Waals surface area contributed by atoms with Gasteiger partial charge in [-0.2, -0.15) is 0 Å². The summed E-state index contributed by atoms with van der Waals surface area (Å²) in [6.07, 6.45) is 1.13. The van der Waals surface area contributed by atoms with Crippen LogP contribution in [0.1, 0.15) is 22.8 Å². The predicted molar refractivity (Wildman–Crippen MR) is 88.5 cm³/mol. The van der Waals surface area contributed by atoms with Gasteiger partial charge < -0.3 is 15.8 Å². The van der Waals surface area contributed by atoms with Gasteiger partial charge in [0.05, 0.1) is 16.1 Å². The Hall–Kier alpha value is -1.82. The minimum atomic E-state index is -1.21. The molecule has 0 spiro atoms. The molecule has 0 amide bonds. The summed E-state index contributed by atoms with van der Waals surface area (Å²) in [5.74, 6) is -0.960. The van der Waals surface area contributed by atoms with E-state index in [4.69, 9.17) is 45.3 Å². The van der Waals surface area contributed by atoms with Crippen molar-refractivity contribution in [2.45, 2.75) is 6.92 Å². The second-order valence-electron chi connectivity index (χ2n) is 4.42. The highest BCUT2D eigenvalue weighted by Gasteiger charge is 2.19. The van der Waals surface area contributed by atoms with Crippen LogP contribution in [0.2, 0.25) is 15.1 Å². The molecule has 0 saturated carbocycles. The van der Waals surface area contributed by atoms with Crippen molar-refractivity contribution in [3.05, 3.63) is 50.6 Å². The van der Waals surface area contributed by atoms with Crippen LogP contribution in [-0.4, -0.2) is 21.8 Å². The minimum absolute atomic E-state index is 0.0503. The maximum Gasteiger partial charge on any atom is 0.338 e. The highest BCUT2D eigenvalue weighted by Crippen LogP contribution is 2.30. The quantitative estimate of drug-likeness (QED) is 0.680. The van der Waals surface area contributed by atoms with Crippen molar-refractivity contribution in [2.24, 2.45) is 0 Å². The van der Waals surface area contributed by atoms with E-state index in [0.29, 0.717) is 15.7 Å². The third-order valence-corrected chi connectivity index (χ3v) is 3.58. The van der Waals surface area contributed by atoms with E-state index < -0.39 is 5.97 Å². The van der Waals surface area contributed by atoms with Gasteiger partial charge in [0.15, 0.2) is 0 Å². The van der Waals surface area contributed by atoms with Gasteiger partial charge in [-0.15, -0.1) is 0 Å². The summed E-state index contributed by atoms with van der Waals surface area (Å²) >= 11 is 17.9. The van der Waals surface area contributed by atoms with E-state index in [1.165, 1.54) is 6.92 Å². The van der Waals surface area contributed by atoms with E-state index in [1.807, 2.05) is 0 Å². The van der Waals surface area contributed by atoms with Crippen LogP contribution in [-0.2, 0) is 0 Å². The number of hydrogen-bond donors (Lipinski definition) is 3. The smallest absolute Gasteiger partial charge is 0.338 e. The number of carboxylic acid groups (broad SMARTS) is 1. The number of rotatable bonds is 4. The Morgan fingerprint density at radius 1 is 1.23 bits per heavy atom. The Labute approximate surface area is 141 Å². The highest BCUT2D eigenvalue weighted by atomic mass is 35.5. The lowest BCUT2D eigenvalue weighted by Crippen LogP contribution is -2.09. The zero-order valence-corrected chi connectivity index (χ0v) is 13.5. The number of carbonyl (C=O) groups is 1. The molecule has 0 aliphatic carbocycles. The lowest BCUT2D eigenvalue weighted by molar-refractivity contribution is 0.0696. The summed E-state index contributed by atoms with van der Waals surface area (Å²) in [7, 11) is 0. The number of nitrogens with one attached hydrogen (secondary N) is 2. The molecule has 2 rings (SSSR count). The fraction of sp³-hybridized carbons (Fsp3) is 0.0714. The van der Waals surface area contributed by atoms with Gasteiger partial charge in [0, 0.05) is 27.6 Å². The van der Waals surface area contributed by atoms with Gasteiger partial charge in [-0.25, -0.2) is 9.78 Å². The molecule has 0 aliphatic rings. The third-order valence-electron chi connectivity index (χ3n) is 2.75. The number of anilines is 2. The number of hydrogen-bond acceptors (Lipinski definition) is 4. The van der Waals surface area contributed by atoms with Crippen molar-refractivity contribution >= 4 is 58.0 Å². The summed E-state index contributed by atoms with van der Waals surface area (Å²) < 4.78 is 0. The van der Waals surface area contributed by atoms with Gasteiger partial charge in [-0.05, 0) is 25.1 Å². The molecule has 0 atom stereocenters. The Morgan fingerprint density at radius 3 is 2.32 bits per heavy atom. The van der Waals surface area contributed by atoms with Gasteiger partial charge in [0.2, 0.25) is 0 Å². The standard InChI is InChI=1S/C14H10Cl3N3O2/c1-6(18)11-12(17)10(14(21)22)5-19-13(11)20-9-3-7(15)2-8(16)4-9/h2-5,18H,1H3,(H,19,20)(H,21,22). The number of nitrogens with zero attached hydrogens (tertiary/aromatic N) is 1. The van der Waals surface area contributed by atoms with Crippen molar-refractivity contribution < 1.29 is 9.90 Å². The Kier molecular flexibility index (Phi) is 4.90. The molecular formula is C14H10Cl3N3O2. The van der Waals surface area contributed by atoms with Gasteiger partial charge in [0.1, 0.15) is 5.82 Å². The molecule has 0 saturated heterocycles. The molecule has 22 heavy (non-hydrogen) atoms. The summed E-state index contributed by atoms with van der Waals surface area (Å²) in [6, 6.07) is 4.82. The largest absolute Gasteiger partial charge is 0.478 e. The first-order valence-electron chi connectivity index (χ1n) is 6.00. The maximum absolute atomic E-state index is 11.1. The van der Waals surface area contributed by atoms with E-state index in [1.54, 1.807) is 18.2 Å². The van der Waals surface area contributed by atoms with Crippen LogP contribution >= 0.6 is 34.8 Å². The van der Waals surface area contributed by atoms with E-state index in [9.17, 15) is 4.79 Å². The van der Waals surface area contributed by atoms with Crippen LogP contribution in [0.3, 0.4) is 0 Å². The molecule has 2 aromatic rings. The molecule has 0 unspecified atom stereocenters. The van der Waals surface area contributed by atoms with Crippen LogP contribution in [0.25, 0.3) is 0 Å². The zero-order valence-electron chi connectivity index (χ0n) is 11.2. The SMILES string of the molecule is CC(=N)c1c(Nc2cc(Cl)cc(Cl)c2)ncc(C(=O)O)c1Cl. The maximum atomic E-state index is 11.1. The summed E-state index contributed by atoms with van der Waals surface area (Å²) in [5.41, 5.74) is 0.665. The number of carboxylic acids is 1. The molecule has 8 heteroatoms. The summed E-state index contributed by atoms with van der Waals surface area (Å²) in [4.78, 5) is 15.1. The molecule has 114 valence electrons. The van der Waals surface area contributed by atoms with Gasteiger partial charge in [-0.1, -0.05) is 34.8 Å². The van der Waals surface area contributed by atoms with E-state index in [-0.39, 0.29) is 27.7 Å². The average Bonchev–Trinajstić information content (AvgIpc) is 2.36. The molecule has 3 N–H and O–H groups in total. The minimum Gasteiger partial charge on any atom is -0.478 e. The lowest BCUT2D eigenvalue weighted by Gasteiger charge is -2.13. The molecule has 1 heterocycles. The molecule has 0 radical (unpaired) electrons. The monoisotopic (exact) mass is 357 g/mol. The molecule has 5 nitrogen and oxygen atoms in total. The van der Waals surface area contributed by atoms with Crippen molar-refractivity contribution in [3.8, 4) is 0 Å². The first kappa shape index (κ1) is 16.5. The zero-order chi connectivity index (χ0) is 16.4. The Morgan fingerprint density at radius 2 is 1.82 bits per heavy atom.